The largest absolute Gasteiger partial charge is 0.494 e. The number of aromatic hydroxyl groups is 2. The highest BCUT2D eigenvalue weighted by Gasteiger charge is 2.78. The minimum absolute atomic E-state index is 0.0839. The third-order valence-corrected chi connectivity index (χ3v) is 6.24. The van der Waals surface area contributed by atoms with Gasteiger partial charge in [-0.3, -0.25) is 0 Å². The zero-order valence-electron chi connectivity index (χ0n) is 14.6. The lowest BCUT2D eigenvalue weighted by Gasteiger charge is -2.24. The van der Waals surface area contributed by atoms with Crippen LogP contribution < -0.4 is 0 Å². The van der Waals surface area contributed by atoms with Gasteiger partial charge in [0.1, 0.15) is 35.2 Å². The predicted molar refractivity (Wildman–Crippen MR) is 93.6 cm³/mol. The van der Waals surface area contributed by atoms with Gasteiger partial charge in [0, 0.05) is 10.8 Å². The number of hydrogen-bond donors (Lipinski definition) is 2. The summed E-state index contributed by atoms with van der Waals surface area (Å²) in [5.41, 5.74) is 0.346. The van der Waals surface area contributed by atoms with Gasteiger partial charge >= 0.3 is 0 Å². The number of nitriles is 1. The second-order valence-electron chi connectivity index (χ2n) is 7.68. The van der Waals surface area contributed by atoms with Crippen LogP contribution in [0.5, 0.6) is 11.8 Å². The van der Waals surface area contributed by atoms with Crippen molar-refractivity contribution in [2.24, 2.45) is 0 Å². The molecule has 3 aliphatic rings. The van der Waals surface area contributed by atoms with Crippen LogP contribution in [0.3, 0.4) is 0 Å². The first kappa shape index (κ1) is 15.0. The zero-order valence-corrected chi connectivity index (χ0v) is 14.6. The number of nitrogens with zero attached hydrogens (tertiary/aromatic N) is 3. The molecule has 1 aromatic carbocycles. The maximum atomic E-state index is 11.1. The summed E-state index contributed by atoms with van der Waals surface area (Å²) in [4.78, 5) is 4.22. The molecule has 7 nitrogen and oxygen atoms in total. The lowest BCUT2D eigenvalue weighted by molar-refractivity contribution is -0.133. The van der Waals surface area contributed by atoms with Gasteiger partial charge < -0.3 is 19.7 Å². The fraction of sp³-hybridized carbons (Fsp3) is 0.300. The Bertz CT molecular complexity index is 1180. The quantitative estimate of drug-likeness (QED) is 0.646. The van der Waals surface area contributed by atoms with Crippen molar-refractivity contribution in [1.29, 1.82) is 5.26 Å². The van der Waals surface area contributed by atoms with Gasteiger partial charge in [-0.05, 0) is 13.8 Å². The zero-order chi connectivity index (χ0) is 18.7. The molecule has 4 atom stereocenters. The van der Waals surface area contributed by atoms with Gasteiger partial charge in [-0.1, -0.05) is 24.3 Å². The topological polar surface area (TPSA) is 104 Å². The first-order valence-electron chi connectivity index (χ1n) is 8.73. The SMILES string of the molecule is CC12OC(C)(c3c1c(O)n(-c1cnc(C#N)c4ccccc14)c3O)[C@@H]1O[C@H]12. The van der Waals surface area contributed by atoms with Gasteiger partial charge in [0.05, 0.1) is 23.0 Å². The van der Waals surface area contributed by atoms with E-state index in [1.54, 1.807) is 6.07 Å². The molecule has 0 saturated carbocycles. The molecule has 134 valence electrons. The number of ether oxygens (including phenoxy) is 2. The van der Waals surface area contributed by atoms with Gasteiger partial charge in [-0.25, -0.2) is 9.55 Å². The van der Waals surface area contributed by atoms with Crippen molar-refractivity contribution in [3.63, 3.8) is 0 Å². The van der Waals surface area contributed by atoms with Crippen LogP contribution in [0.25, 0.3) is 16.5 Å². The lowest BCUT2D eigenvalue weighted by Crippen LogP contribution is -2.26. The van der Waals surface area contributed by atoms with E-state index in [2.05, 4.69) is 11.1 Å². The highest BCUT2D eigenvalue weighted by Crippen LogP contribution is 2.70. The summed E-state index contributed by atoms with van der Waals surface area (Å²) in [6, 6.07) is 9.39. The van der Waals surface area contributed by atoms with E-state index in [1.807, 2.05) is 32.0 Å². The van der Waals surface area contributed by atoms with E-state index < -0.39 is 11.2 Å². The van der Waals surface area contributed by atoms with E-state index in [0.717, 1.165) is 0 Å². The summed E-state index contributed by atoms with van der Waals surface area (Å²) in [7, 11) is 0. The molecule has 27 heavy (non-hydrogen) atoms. The van der Waals surface area contributed by atoms with Crippen molar-refractivity contribution < 1.29 is 19.7 Å². The standard InChI is InChI=1S/C20H15N3O4/c1-19-13-14(20(2,27-19)16-15(19)26-16)18(25)23(17(13)24)12-8-22-11(7-21)9-5-3-4-6-10(9)12/h3-6,8,15-16,24-25H,1-2H3/t15-,16-,19?,20?/m1/s1. The van der Waals surface area contributed by atoms with Crippen LogP contribution in [0, 0.1) is 11.3 Å². The summed E-state index contributed by atoms with van der Waals surface area (Å²) in [5.74, 6) is -0.168. The first-order valence-corrected chi connectivity index (χ1v) is 8.73. The summed E-state index contributed by atoms with van der Waals surface area (Å²) in [6.07, 6.45) is 1.26. The van der Waals surface area contributed by atoms with Crippen molar-refractivity contribution >= 4 is 10.8 Å². The summed E-state index contributed by atoms with van der Waals surface area (Å²) >= 11 is 0. The molecule has 2 fully saturated rings. The van der Waals surface area contributed by atoms with Crippen molar-refractivity contribution in [2.45, 2.75) is 37.3 Å². The third-order valence-electron chi connectivity index (χ3n) is 6.24. The second-order valence-corrected chi connectivity index (χ2v) is 7.68. The van der Waals surface area contributed by atoms with Crippen molar-refractivity contribution in [2.75, 3.05) is 0 Å². The Kier molecular flexibility index (Phi) is 2.36. The van der Waals surface area contributed by atoms with Gasteiger partial charge in [0.15, 0.2) is 0 Å². The van der Waals surface area contributed by atoms with E-state index in [4.69, 9.17) is 9.47 Å². The first-order chi connectivity index (χ1) is 12.9. The molecule has 5 heterocycles. The van der Waals surface area contributed by atoms with Gasteiger partial charge in [-0.15, -0.1) is 0 Å². The molecule has 2 aromatic heterocycles. The minimum Gasteiger partial charge on any atom is -0.494 e. The lowest BCUT2D eigenvalue weighted by atomic mass is 9.80. The third kappa shape index (κ3) is 1.46. The maximum Gasteiger partial charge on any atom is 0.205 e. The van der Waals surface area contributed by atoms with Crippen LogP contribution in [-0.2, 0) is 20.7 Å². The van der Waals surface area contributed by atoms with Crippen LogP contribution in [0.15, 0.2) is 30.5 Å². The fourth-order valence-electron chi connectivity index (χ4n) is 5.05. The Labute approximate surface area is 154 Å². The molecule has 2 unspecified atom stereocenters. The monoisotopic (exact) mass is 361 g/mol. The molecule has 0 spiro atoms. The van der Waals surface area contributed by atoms with Crippen LogP contribution in [0.4, 0.5) is 0 Å². The summed E-state index contributed by atoms with van der Waals surface area (Å²) < 4.78 is 13.3. The van der Waals surface area contributed by atoms with Gasteiger partial charge in [-0.2, -0.15) is 5.26 Å². The van der Waals surface area contributed by atoms with Gasteiger partial charge in [0.25, 0.3) is 0 Å². The second kappa shape index (κ2) is 4.25. The Hall–Kier alpha value is -3.08. The Morgan fingerprint density at radius 3 is 2.26 bits per heavy atom. The Balaban J connectivity index is 1.69. The molecule has 7 heteroatoms. The predicted octanol–water partition coefficient (Wildman–Crippen LogP) is 2.55. The highest BCUT2D eigenvalue weighted by molar-refractivity contribution is 5.93. The molecule has 0 amide bonds. The van der Waals surface area contributed by atoms with Crippen LogP contribution in [0.1, 0.15) is 30.7 Å². The fourth-order valence-corrected chi connectivity index (χ4v) is 5.05. The Morgan fingerprint density at radius 1 is 1.07 bits per heavy atom. The van der Waals surface area contributed by atoms with Gasteiger partial charge in [0.2, 0.25) is 11.8 Å². The molecule has 2 saturated heterocycles. The maximum absolute atomic E-state index is 11.1. The molecule has 3 aliphatic heterocycles. The van der Waals surface area contributed by atoms with E-state index >= 15 is 0 Å². The molecule has 0 aliphatic carbocycles. The normalized spacial score (nSPS) is 32.3. The number of hydrogen-bond acceptors (Lipinski definition) is 6. The number of rotatable bonds is 1. The molecule has 2 N–H and O–H groups in total. The molecular formula is C20H15N3O4. The van der Waals surface area contributed by atoms with E-state index in [9.17, 15) is 15.5 Å². The number of fused-ring (bicyclic) bond motifs is 9. The average molecular weight is 361 g/mol. The van der Waals surface area contributed by atoms with Crippen molar-refractivity contribution in [1.82, 2.24) is 9.55 Å². The number of pyridine rings is 1. The molecule has 6 rings (SSSR count). The highest BCUT2D eigenvalue weighted by atomic mass is 16.7. The van der Waals surface area contributed by atoms with Crippen molar-refractivity contribution in [3.05, 3.63) is 47.3 Å². The summed E-state index contributed by atoms with van der Waals surface area (Å²) in [6.45, 7) is 3.76. The average Bonchev–Trinajstić information content (AvgIpc) is 3.33. The molecule has 0 radical (unpaired) electrons. The van der Waals surface area contributed by atoms with Crippen LogP contribution in [0.2, 0.25) is 0 Å². The summed E-state index contributed by atoms with van der Waals surface area (Å²) in [5, 5.41) is 32.9. The van der Waals surface area contributed by atoms with E-state index in [-0.39, 0.29) is 24.0 Å². The molecular weight excluding hydrogens is 346 g/mol. The Morgan fingerprint density at radius 2 is 1.67 bits per heavy atom. The minimum atomic E-state index is -0.794. The number of benzene rings is 1. The smallest absolute Gasteiger partial charge is 0.205 e. The number of aromatic nitrogens is 2. The van der Waals surface area contributed by atoms with E-state index in [0.29, 0.717) is 33.3 Å². The van der Waals surface area contributed by atoms with Crippen LogP contribution in [-0.4, -0.2) is 32.0 Å². The van der Waals surface area contributed by atoms with Crippen molar-refractivity contribution in [3.8, 4) is 23.5 Å². The molecule has 2 bridgehead atoms. The number of epoxide rings is 1. The van der Waals surface area contributed by atoms with Crippen LogP contribution >= 0.6 is 0 Å². The molecule has 3 aromatic rings. The van der Waals surface area contributed by atoms with E-state index in [1.165, 1.54) is 10.8 Å².